The predicted octanol–water partition coefficient (Wildman–Crippen LogP) is 5.03. The zero-order chi connectivity index (χ0) is 29.7. The molecule has 0 unspecified atom stereocenters. The fraction of sp³-hybridized carbons (Fsp3) is 0.459. The van der Waals surface area contributed by atoms with E-state index < -0.39 is 0 Å². The third-order valence-corrected chi connectivity index (χ3v) is 7.96. The standard InChI is InChI=1S/C37H48N2O3.BrH/c1-5-8-9-10-11-12-13-14-15-18-23-41-37(40)30-20-17-16-19-29(30)36-31-22-21-28(38-6-2)25-34(31)42-35-26-33(39-7-3)27(4)24-32(35)36;/h16-17,19-22,24-26,38H,5-15,18,23H2,1-4H3;1H. The summed E-state index contributed by atoms with van der Waals surface area (Å²) in [5.74, 6) is 0.509. The Morgan fingerprint density at radius 1 is 0.837 bits per heavy atom. The van der Waals surface area contributed by atoms with Crippen molar-refractivity contribution < 1.29 is 35.9 Å². The number of hydrogen-bond donors (Lipinski definition) is 2. The molecule has 4 rings (SSSR count). The first-order valence-corrected chi connectivity index (χ1v) is 16.2. The van der Waals surface area contributed by atoms with Crippen molar-refractivity contribution in [3.05, 3.63) is 71.1 Å². The molecule has 0 fully saturated rings. The van der Waals surface area contributed by atoms with E-state index in [9.17, 15) is 4.79 Å². The lowest BCUT2D eigenvalue weighted by Gasteiger charge is -2.18. The predicted molar refractivity (Wildman–Crippen MR) is 174 cm³/mol. The molecule has 6 heteroatoms. The Balaban J connectivity index is 0.00000506. The molecule has 5 nitrogen and oxygen atoms in total. The van der Waals surface area contributed by atoms with Crippen LogP contribution < -0.4 is 32.6 Å². The molecule has 2 aromatic rings. The quantitative estimate of drug-likeness (QED) is 0.102. The Hall–Kier alpha value is -3.12. The summed E-state index contributed by atoms with van der Waals surface area (Å²) in [6, 6.07) is 18.2. The van der Waals surface area contributed by atoms with Gasteiger partial charge in [0.05, 0.1) is 18.2 Å². The first kappa shape index (κ1) is 34.4. The van der Waals surface area contributed by atoms with Gasteiger partial charge in [-0.25, -0.2) is 9.79 Å². The van der Waals surface area contributed by atoms with Gasteiger partial charge in [0, 0.05) is 40.4 Å². The molecule has 0 aromatic heterocycles. The van der Waals surface area contributed by atoms with Gasteiger partial charge in [0.25, 0.3) is 0 Å². The van der Waals surface area contributed by atoms with E-state index in [1.807, 2.05) is 30.3 Å². The van der Waals surface area contributed by atoms with Crippen molar-refractivity contribution in [2.24, 2.45) is 0 Å². The van der Waals surface area contributed by atoms with Gasteiger partial charge in [-0.3, -0.25) is 0 Å². The van der Waals surface area contributed by atoms with Gasteiger partial charge < -0.3 is 31.5 Å². The molecule has 0 saturated heterocycles. The fourth-order valence-electron chi connectivity index (χ4n) is 5.74. The van der Waals surface area contributed by atoms with E-state index in [4.69, 9.17) is 9.15 Å². The summed E-state index contributed by atoms with van der Waals surface area (Å²) < 4.78 is 12.3. The fourth-order valence-corrected chi connectivity index (χ4v) is 5.74. The molecule has 1 aliphatic carbocycles. The second kappa shape index (κ2) is 17.9. The smallest absolute Gasteiger partial charge is 0.338 e. The van der Waals surface area contributed by atoms with Crippen LogP contribution in [0.25, 0.3) is 33.4 Å². The molecular formula is C37H49BrN2O3. The molecule has 2 N–H and O–H groups in total. The monoisotopic (exact) mass is 648 g/mol. The number of benzene rings is 3. The molecule has 0 saturated carbocycles. The maximum absolute atomic E-state index is 13.5. The summed E-state index contributed by atoms with van der Waals surface area (Å²) in [5.41, 5.74) is 6.33. The van der Waals surface area contributed by atoms with Crippen LogP contribution in [0.15, 0.2) is 59.0 Å². The molecule has 43 heavy (non-hydrogen) atoms. The average molecular weight is 650 g/mol. The van der Waals surface area contributed by atoms with Crippen molar-refractivity contribution in [1.82, 2.24) is 0 Å². The minimum Gasteiger partial charge on any atom is -1.00 e. The number of hydrogen-bond acceptors (Lipinski definition) is 4. The molecule has 0 bridgehead atoms. The lowest BCUT2D eigenvalue weighted by atomic mass is 9.90. The van der Waals surface area contributed by atoms with Crippen molar-refractivity contribution in [1.29, 1.82) is 0 Å². The Morgan fingerprint density at radius 2 is 1.53 bits per heavy atom. The molecule has 2 aromatic carbocycles. The second-order valence-electron chi connectivity index (χ2n) is 11.3. The van der Waals surface area contributed by atoms with Crippen molar-refractivity contribution in [2.45, 2.75) is 91.9 Å². The van der Waals surface area contributed by atoms with Crippen LogP contribution in [0.1, 0.15) is 101 Å². The van der Waals surface area contributed by atoms with E-state index in [1.165, 1.54) is 51.4 Å². The summed E-state index contributed by atoms with van der Waals surface area (Å²) in [6.45, 7) is 10.6. The number of unbranched alkanes of at least 4 members (excludes halogenated alkanes) is 9. The van der Waals surface area contributed by atoms with Crippen LogP contribution >= 0.6 is 0 Å². The highest BCUT2D eigenvalue weighted by molar-refractivity contribution is 6.08. The number of carbonyl (C=O) groups excluding carboxylic acids is 1. The van der Waals surface area contributed by atoms with Crippen LogP contribution in [-0.2, 0) is 4.74 Å². The summed E-state index contributed by atoms with van der Waals surface area (Å²) in [4.78, 5) is 16.9. The number of ether oxygens (including phenoxy) is 1. The Morgan fingerprint density at radius 3 is 2.23 bits per heavy atom. The van der Waals surface area contributed by atoms with E-state index in [2.05, 4.69) is 62.3 Å². The van der Waals surface area contributed by atoms with Crippen molar-refractivity contribution in [2.75, 3.05) is 25.0 Å². The average Bonchev–Trinajstić information content (AvgIpc) is 2.99. The highest BCUT2D eigenvalue weighted by Gasteiger charge is 2.23. The first-order chi connectivity index (χ1) is 20.6. The number of halogens is 1. The molecule has 1 aliphatic heterocycles. The minimum atomic E-state index is -0.270. The van der Waals surface area contributed by atoms with Crippen LogP contribution in [0.5, 0.6) is 0 Å². The van der Waals surface area contributed by atoms with Gasteiger partial charge in [-0.05, 0) is 57.0 Å². The Bertz CT molecular complexity index is 1490. The third kappa shape index (κ3) is 9.18. The molecule has 0 amide bonds. The van der Waals surface area contributed by atoms with Gasteiger partial charge in [0.2, 0.25) is 5.36 Å². The van der Waals surface area contributed by atoms with Gasteiger partial charge in [-0.2, -0.15) is 0 Å². The number of nitrogens with one attached hydrogen (secondary N) is 2. The van der Waals surface area contributed by atoms with Crippen LogP contribution in [-0.4, -0.2) is 25.7 Å². The number of fused-ring (bicyclic) bond motifs is 2. The number of anilines is 1. The summed E-state index contributed by atoms with van der Waals surface area (Å²) in [5, 5.41) is 5.40. The third-order valence-electron chi connectivity index (χ3n) is 7.96. The van der Waals surface area contributed by atoms with Crippen molar-refractivity contribution in [3.8, 4) is 22.5 Å². The van der Waals surface area contributed by atoms with E-state index >= 15 is 0 Å². The maximum Gasteiger partial charge on any atom is 0.338 e. The van der Waals surface area contributed by atoms with E-state index in [1.54, 1.807) is 0 Å². The molecule has 0 spiro atoms. The van der Waals surface area contributed by atoms with Crippen LogP contribution in [0.2, 0.25) is 0 Å². The zero-order valence-electron chi connectivity index (χ0n) is 26.5. The lowest BCUT2D eigenvalue weighted by molar-refractivity contribution is -0.496. The summed E-state index contributed by atoms with van der Waals surface area (Å²) in [7, 11) is 0. The Kier molecular flexibility index (Phi) is 14.3. The van der Waals surface area contributed by atoms with Crippen LogP contribution in [0.3, 0.4) is 0 Å². The van der Waals surface area contributed by atoms with E-state index in [-0.39, 0.29) is 23.0 Å². The van der Waals surface area contributed by atoms with E-state index in [0.717, 1.165) is 76.0 Å². The SMILES string of the molecule is CCCCCCCCCCCCOC(=O)c1ccccc1-c1c2cc(C)c(=[NH+]CC)cc-2oc2cc(NCC)ccc12.[Br-]. The Labute approximate surface area is 268 Å². The normalized spacial score (nSPS) is 11.6. The summed E-state index contributed by atoms with van der Waals surface area (Å²) >= 11 is 0. The number of esters is 1. The molecule has 0 atom stereocenters. The topological polar surface area (TPSA) is 65.4 Å². The van der Waals surface area contributed by atoms with Crippen LogP contribution in [0, 0.1) is 6.92 Å². The van der Waals surface area contributed by atoms with Gasteiger partial charge in [0.1, 0.15) is 17.9 Å². The summed E-state index contributed by atoms with van der Waals surface area (Å²) in [6.07, 6.45) is 12.5. The van der Waals surface area contributed by atoms with Gasteiger partial charge in [0.15, 0.2) is 0 Å². The largest absolute Gasteiger partial charge is 1.00 e. The second-order valence-corrected chi connectivity index (χ2v) is 11.3. The minimum absolute atomic E-state index is 0. The number of carbonyl (C=O) groups is 1. The highest BCUT2D eigenvalue weighted by Crippen LogP contribution is 2.42. The molecule has 232 valence electrons. The lowest BCUT2D eigenvalue weighted by Crippen LogP contribution is -3.00. The number of rotatable bonds is 16. The number of aryl methyl sites for hydroxylation is 1. The maximum atomic E-state index is 13.5. The first-order valence-electron chi connectivity index (χ1n) is 16.2. The van der Waals surface area contributed by atoms with Crippen molar-refractivity contribution in [3.63, 3.8) is 0 Å². The van der Waals surface area contributed by atoms with Crippen LogP contribution in [0.4, 0.5) is 5.69 Å². The molecular weight excluding hydrogens is 600 g/mol. The van der Waals surface area contributed by atoms with Gasteiger partial charge >= 0.3 is 5.97 Å². The molecule has 1 heterocycles. The molecule has 0 radical (unpaired) electrons. The van der Waals surface area contributed by atoms with Crippen molar-refractivity contribution >= 4 is 22.6 Å². The van der Waals surface area contributed by atoms with Gasteiger partial charge in [-0.1, -0.05) is 82.9 Å². The van der Waals surface area contributed by atoms with E-state index in [0.29, 0.717) is 12.2 Å². The van der Waals surface area contributed by atoms with Gasteiger partial charge in [-0.15, -0.1) is 0 Å². The highest BCUT2D eigenvalue weighted by atomic mass is 79.9. The molecule has 2 aliphatic rings. The zero-order valence-corrected chi connectivity index (χ0v) is 28.1.